The monoisotopic (exact) mass is 281 g/mol. The second-order valence-corrected chi connectivity index (χ2v) is 4.89. The highest BCUT2D eigenvalue weighted by atomic mass is 16.4. The molecule has 1 aromatic carbocycles. The molecule has 0 saturated carbocycles. The molecule has 0 aliphatic carbocycles. The molecule has 20 heavy (non-hydrogen) atoms. The second-order valence-electron chi connectivity index (χ2n) is 4.89. The van der Waals surface area contributed by atoms with E-state index in [1.165, 1.54) is 0 Å². The van der Waals surface area contributed by atoms with Crippen molar-refractivity contribution in [3.8, 4) is 0 Å². The number of hydrogen-bond donors (Lipinski definition) is 4. The molecule has 5 nitrogen and oxygen atoms in total. The molecule has 0 bridgehead atoms. The summed E-state index contributed by atoms with van der Waals surface area (Å²) in [6, 6.07) is 9.84. The van der Waals surface area contributed by atoms with Crippen LogP contribution in [-0.4, -0.2) is 40.2 Å². The van der Waals surface area contributed by atoms with Crippen LogP contribution in [0.2, 0.25) is 0 Å². The maximum absolute atomic E-state index is 10.2. The summed E-state index contributed by atoms with van der Waals surface area (Å²) in [5, 5.41) is 30.3. The van der Waals surface area contributed by atoms with Gasteiger partial charge in [0.2, 0.25) is 0 Å². The summed E-state index contributed by atoms with van der Waals surface area (Å²) in [5.41, 5.74) is 1.14. The van der Waals surface area contributed by atoms with Gasteiger partial charge in [-0.3, -0.25) is 0 Å². The van der Waals surface area contributed by atoms with Crippen molar-refractivity contribution in [2.24, 2.45) is 0 Å². The first-order valence-corrected chi connectivity index (χ1v) is 6.96. The fraction of sp³-hybridized carbons (Fsp3) is 0.533. The molecule has 2 atom stereocenters. The molecule has 0 fully saturated rings. The van der Waals surface area contributed by atoms with Gasteiger partial charge in [0.25, 0.3) is 0 Å². The first kappa shape index (κ1) is 16.5. The van der Waals surface area contributed by atoms with E-state index in [0.29, 0.717) is 32.2 Å². The van der Waals surface area contributed by atoms with Crippen molar-refractivity contribution < 1.29 is 20.1 Å². The van der Waals surface area contributed by atoms with Gasteiger partial charge in [0, 0.05) is 6.54 Å². The Balaban J connectivity index is 2.12. The molecule has 1 amide bonds. The van der Waals surface area contributed by atoms with E-state index < -0.39 is 18.3 Å². The van der Waals surface area contributed by atoms with Gasteiger partial charge < -0.3 is 20.6 Å². The highest BCUT2D eigenvalue weighted by Gasteiger charge is 2.15. The Labute approximate surface area is 119 Å². The summed E-state index contributed by atoms with van der Waals surface area (Å²) in [5.74, 6) is 0. The van der Waals surface area contributed by atoms with Gasteiger partial charge in [-0.25, -0.2) is 4.79 Å². The lowest BCUT2D eigenvalue weighted by Gasteiger charge is -2.17. The molecule has 0 radical (unpaired) electrons. The zero-order valence-corrected chi connectivity index (χ0v) is 11.5. The highest BCUT2D eigenvalue weighted by molar-refractivity contribution is 5.64. The van der Waals surface area contributed by atoms with Crippen LogP contribution in [0.1, 0.15) is 31.2 Å². The van der Waals surface area contributed by atoms with E-state index in [0.717, 1.165) is 12.0 Å². The van der Waals surface area contributed by atoms with E-state index in [9.17, 15) is 15.0 Å². The number of hydrogen-bond acceptors (Lipinski definition) is 3. The van der Waals surface area contributed by atoms with Gasteiger partial charge >= 0.3 is 6.09 Å². The second kappa shape index (κ2) is 9.34. The van der Waals surface area contributed by atoms with E-state index in [1.54, 1.807) is 0 Å². The minimum atomic E-state index is -1.03. The smallest absolute Gasteiger partial charge is 0.404 e. The van der Waals surface area contributed by atoms with E-state index >= 15 is 0 Å². The van der Waals surface area contributed by atoms with Crippen LogP contribution < -0.4 is 5.32 Å². The Morgan fingerprint density at radius 3 is 2.35 bits per heavy atom. The topological polar surface area (TPSA) is 89.8 Å². The lowest BCUT2D eigenvalue weighted by Crippen LogP contribution is -2.27. The SMILES string of the molecule is O=C(O)NCCCCC(O)C(O)CCc1ccccc1. The maximum Gasteiger partial charge on any atom is 0.404 e. The number of aryl methyl sites for hydroxylation is 1. The average molecular weight is 281 g/mol. The minimum absolute atomic E-state index is 0.377. The maximum atomic E-state index is 10.2. The molecule has 112 valence electrons. The molecule has 0 heterocycles. The third-order valence-electron chi connectivity index (χ3n) is 3.22. The third-order valence-corrected chi connectivity index (χ3v) is 3.22. The highest BCUT2D eigenvalue weighted by Crippen LogP contribution is 2.11. The summed E-state index contributed by atoms with van der Waals surface area (Å²) >= 11 is 0. The van der Waals surface area contributed by atoms with E-state index in [2.05, 4.69) is 5.32 Å². The molecular formula is C15H23NO4. The van der Waals surface area contributed by atoms with Gasteiger partial charge in [-0.05, 0) is 37.7 Å². The van der Waals surface area contributed by atoms with Crippen LogP contribution in [0.15, 0.2) is 30.3 Å². The molecule has 0 aromatic heterocycles. The Kier molecular flexibility index (Phi) is 7.69. The van der Waals surface area contributed by atoms with Gasteiger partial charge in [0.1, 0.15) is 0 Å². The Morgan fingerprint density at radius 1 is 1.05 bits per heavy atom. The quantitative estimate of drug-likeness (QED) is 0.519. The van der Waals surface area contributed by atoms with E-state index in [1.807, 2.05) is 30.3 Å². The number of benzene rings is 1. The van der Waals surface area contributed by atoms with Crippen LogP contribution in [0, 0.1) is 0 Å². The minimum Gasteiger partial charge on any atom is -0.465 e. The van der Waals surface area contributed by atoms with Crippen molar-refractivity contribution in [1.29, 1.82) is 0 Å². The fourth-order valence-electron chi connectivity index (χ4n) is 2.02. The van der Waals surface area contributed by atoms with Crippen molar-refractivity contribution in [2.45, 2.75) is 44.3 Å². The predicted molar refractivity (Wildman–Crippen MR) is 76.7 cm³/mol. The normalized spacial score (nSPS) is 13.7. The van der Waals surface area contributed by atoms with E-state index in [-0.39, 0.29) is 0 Å². The Bertz CT molecular complexity index is 383. The molecule has 0 saturated heterocycles. The van der Waals surface area contributed by atoms with Crippen LogP contribution in [-0.2, 0) is 6.42 Å². The molecular weight excluding hydrogens is 258 g/mol. The van der Waals surface area contributed by atoms with Crippen molar-refractivity contribution in [1.82, 2.24) is 5.32 Å². The summed E-state index contributed by atoms with van der Waals surface area (Å²) in [6.07, 6.45) is 0.577. The molecule has 0 spiro atoms. The third kappa shape index (κ3) is 7.11. The first-order chi connectivity index (χ1) is 9.59. The van der Waals surface area contributed by atoms with Crippen LogP contribution in [0.4, 0.5) is 4.79 Å². The number of rotatable bonds is 9. The van der Waals surface area contributed by atoms with Gasteiger partial charge in [0.05, 0.1) is 12.2 Å². The van der Waals surface area contributed by atoms with Crippen molar-refractivity contribution in [2.75, 3.05) is 6.54 Å². The van der Waals surface area contributed by atoms with Gasteiger partial charge in [-0.1, -0.05) is 30.3 Å². The van der Waals surface area contributed by atoms with Gasteiger partial charge in [-0.15, -0.1) is 0 Å². The number of nitrogens with one attached hydrogen (secondary N) is 1. The summed E-state index contributed by atoms with van der Waals surface area (Å²) in [4.78, 5) is 10.2. The molecule has 2 unspecified atom stereocenters. The number of amides is 1. The van der Waals surface area contributed by atoms with Crippen molar-refractivity contribution >= 4 is 6.09 Å². The average Bonchev–Trinajstić information content (AvgIpc) is 2.45. The van der Waals surface area contributed by atoms with E-state index in [4.69, 9.17) is 5.11 Å². The van der Waals surface area contributed by atoms with Crippen molar-refractivity contribution in [3.63, 3.8) is 0 Å². The first-order valence-electron chi connectivity index (χ1n) is 6.96. The lowest BCUT2D eigenvalue weighted by molar-refractivity contribution is 0.00886. The Morgan fingerprint density at radius 2 is 1.70 bits per heavy atom. The number of carboxylic acid groups (broad SMARTS) is 1. The number of aliphatic hydroxyl groups is 2. The van der Waals surface area contributed by atoms with Gasteiger partial charge in [0.15, 0.2) is 0 Å². The molecule has 4 N–H and O–H groups in total. The van der Waals surface area contributed by atoms with Crippen molar-refractivity contribution in [3.05, 3.63) is 35.9 Å². The molecule has 0 aliphatic heterocycles. The summed E-state index contributed by atoms with van der Waals surface area (Å²) in [6.45, 7) is 0.377. The largest absolute Gasteiger partial charge is 0.465 e. The van der Waals surface area contributed by atoms with Crippen LogP contribution >= 0.6 is 0 Å². The van der Waals surface area contributed by atoms with Crippen LogP contribution in [0.5, 0.6) is 0 Å². The molecule has 0 aliphatic rings. The lowest BCUT2D eigenvalue weighted by atomic mass is 10.0. The number of unbranched alkanes of at least 4 members (excludes halogenated alkanes) is 1. The van der Waals surface area contributed by atoms with Gasteiger partial charge in [-0.2, -0.15) is 0 Å². The fourth-order valence-corrected chi connectivity index (χ4v) is 2.02. The molecule has 1 aromatic rings. The van der Waals surface area contributed by atoms with Crippen LogP contribution in [0.3, 0.4) is 0 Å². The molecule has 1 rings (SSSR count). The standard InChI is InChI=1S/C15H23NO4/c17-13(8-4-5-11-16-15(19)20)14(18)10-9-12-6-2-1-3-7-12/h1-3,6-7,13-14,16-18H,4-5,8-11H2,(H,19,20). The summed E-state index contributed by atoms with van der Waals surface area (Å²) < 4.78 is 0. The number of aliphatic hydroxyl groups excluding tert-OH is 2. The predicted octanol–water partition coefficient (Wildman–Crippen LogP) is 1.78. The Hall–Kier alpha value is -1.59. The number of carbonyl (C=O) groups is 1. The summed E-state index contributed by atoms with van der Waals surface area (Å²) in [7, 11) is 0. The molecule has 5 heteroatoms. The zero-order chi connectivity index (χ0) is 14.8. The van der Waals surface area contributed by atoms with Crippen LogP contribution in [0.25, 0.3) is 0 Å². The zero-order valence-electron chi connectivity index (χ0n) is 11.5.